The lowest BCUT2D eigenvalue weighted by Crippen LogP contribution is -2.01. The van der Waals surface area contributed by atoms with Gasteiger partial charge in [0.25, 0.3) is 0 Å². The predicted octanol–water partition coefficient (Wildman–Crippen LogP) is 0.934. The van der Waals surface area contributed by atoms with E-state index in [4.69, 9.17) is 9.84 Å². The zero-order valence-corrected chi connectivity index (χ0v) is 7.03. The number of nitrogens with one attached hydrogen (secondary N) is 1. The Labute approximate surface area is 75.1 Å². The first-order chi connectivity index (χ1) is 6.40. The number of hydrogen-bond acceptors (Lipinski definition) is 3. The van der Waals surface area contributed by atoms with E-state index in [9.17, 15) is 0 Å². The van der Waals surface area contributed by atoms with Crippen LogP contribution in [0.5, 0.6) is 5.75 Å². The predicted molar refractivity (Wildman–Crippen MR) is 48.7 cm³/mol. The van der Waals surface area contributed by atoms with Crippen molar-refractivity contribution in [3.63, 3.8) is 0 Å². The molecule has 0 amide bonds. The smallest absolute Gasteiger partial charge is 0.120 e. The minimum Gasteiger partial charge on any atom is -0.491 e. The Morgan fingerprint density at radius 3 is 3.23 bits per heavy atom. The maximum absolute atomic E-state index is 8.56. The molecule has 1 aromatic heterocycles. The number of fused-ring (bicyclic) bond motifs is 1. The lowest BCUT2D eigenvalue weighted by molar-refractivity contribution is 0.201. The monoisotopic (exact) mass is 178 g/mol. The Morgan fingerprint density at radius 2 is 2.38 bits per heavy atom. The zero-order chi connectivity index (χ0) is 9.10. The molecule has 1 aromatic carbocycles. The maximum atomic E-state index is 8.56. The Balaban J connectivity index is 2.26. The van der Waals surface area contributed by atoms with E-state index in [0.717, 1.165) is 16.7 Å². The number of hydrogen-bond donors (Lipinski definition) is 2. The van der Waals surface area contributed by atoms with E-state index in [-0.39, 0.29) is 6.61 Å². The summed E-state index contributed by atoms with van der Waals surface area (Å²) in [6, 6.07) is 5.62. The number of aromatic amines is 1. The van der Waals surface area contributed by atoms with Gasteiger partial charge in [0.05, 0.1) is 18.3 Å². The van der Waals surface area contributed by atoms with Gasteiger partial charge < -0.3 is 9.84 Å². The van der Waals surface area contributed by atoms with E-state index < -0.39 is 0 Å². The number of aliphatic hydroxyl groups is 1. The number of rotatable bonds is 3. The summed E-state index contributed by atoms with van der Waals surface area (Å²) in [5, 5.41) is 16.3. The van der Waals surface area contributed by atoms with Gasteiger partial charge in [0.1, 0.15) is 12.4 Å². The van der Waals surface area contributed by atoms with Crippen LogP contribution in [0, 0.1) is 0 Å². The molecule has 0 aliphatic rings. The molecular formula is C9H10N2O2. The second-order valence-corrected chi connectivity index (χ2v) is 2.69. The molecule has 0 saturated heterocycles. The molecule has 0 bridgehead atoms. The standard InChI is InChI=1S/C9H10N2O2/c12-3-4-13-8-1-2-9-7(5-8)6-10-11-9/h1-2,5-6,12H,3-4H2,(H,10,11). The molecule has 0 unspecified atom stereocenters. The van der Waals surface area contributed by atoms with Crippen molar-refractivity contribution in [3.8, 4) is 5.75 Å². The molecule has 68 valence electrons. The van der Waals surface area contributed by atoms with Crippen molar-refractivity contribution >= 4 is 10.9 Å². The summed E-state index contributed by atoms with van der Waals surface area (Å²) in [5.41, 5.74) is 0.983. The van der Waals surface area contributed by atoms with E-state index in [1.165, 1.54) is 0 Å². The third-order valence-corrected chi connectivity index (χ3v) is 1.77. The number of aromatic nitrogens is 2. The number of aliphatic hydroxyl groups excluding tert-OH is 1. The molecule has 4 heteroatoms. The van der Waals surface area contributed by atoms with Crippen LogP contribution in [0.25, 0.3) is 10.9 Å². The molecule has 0 aliphatic heterocycles. The average molecular weight is 178 g/mol. The topological polar surface area (TPSA) is 58.1 Å². The van der Waals surface area contributed by atoms with Crippen LogP contribution in [0.1, 0.15) is 0 Å². The molecule has 4 nitrogen and oxygen atoms in total. The van der Waals surface area contributed by atoms with E-state index in [1.54, 1.807) is 6.20 Å². The molecule has 2 aromatic rings. The summed E-state index contributed by atoms with van der Waals surface area (Å²) in [6.07, 6.45) is 1.74. The molecular weight excluding hydrogens is 168 g/mol. The van der Waals surface area contributed by atoms with Crippen molar-refractivity contribution in [2.45, 2.75) is 0 Å². The van der Waals surface area contributed by atoms with Gasteiger partial charge in [-0.1, -0.05) is 0 Å². The molecule has 0 saturated carbocycles. The highest BCUT2D eigenvalue weighted by molar-refractivity contribution is 5.79. The number of H-pyrrole nitrogens is 1. The molecule has 0 fully saturated rings. The quantitative estimate of drug-likeness (QED) is 0.735. The van der Waals surface area contributed by atoms with E-state index in [1.807, 2.05) is 18.2 Å². The third kappa shape index (κ3) is 1.62. The molecule has 2 rings (SSSR count). The minimum absolute atomic E-state index is 0.0312. The van der Waals surface area contributed by atoms with Crippen LogP contribution in [-0.4, -0.2) is 28.5 Å². The van der Waals surface area contributed by atoms with E-state index in [0.29, 0.717) is 6.61 Å². The first-order valence-electron chi connectivity index (χ1n) is 4.07. The summed E-state index contributed by atoms with van der Waals surface area (Å²) >= 11 is 0. The van der Waals surface area contributed by atoms with Crippen LogP contribution >= 0.6 is 0 Å². The van der Waals surface area contributed by atoms with E-state index in [2.05, 4.69) is 10.2 Å². The molecule has 0 aliphatic carbocycles. The van der Waals surface area contributed by atoms with Gasteiger partial charge in [-0.05, 0) is 18.2 Å². The van der Waals surface area contributed by atoms with Gasteiger partial charge in [-0.15, -0.1) is 0 Å². The molecule has 0 radical (unpaired) electrons. The van der Waals surface area contributed by atoms with Crippen molar-refractivity contribution in [3.05, 3.63) is 24.4 Å². The molecule has 2 N–H and O–H groups in total. The Bertz CT molecular complexity index is 397. The fourth-order valence-corrected chi connectivity index (χ4v) is 1.17. The van der Waals surface area contributed by atoms with Crippen LogP contribution in [0.2, 0.25) is 0 Å². The van der Waals surface area contributed by atoms with Crippen molar-refractivity contribution in [1.29, 1.82) is 0 Å². The highest BCUT2D eigenvalue weighted by Crippen LogP contribution is 2.18. The zero-order valence-electron chi connectivity index (χ0n) is 7.03. The van der Waals surface area contributed by atoms with Gasteiger partial charge in [-0.2, -0.15) is 5.10 Å². The molecule has 1 heterocycles. The number of benzene rings is 1. The average Bonchev–Trinajstić information content (AvgIpc) is 2.61. The van der Waals surface area contributed by atoms with Crippen LogP contribution in [0.15, 0.2) is 24.4 Å². The second-order valence-electron chi connectivity index (χ2n) is 2.69. The van der Waals surface area contributed by atoms with Crippen molar-refractivity contribution < 1.29 is 9.84 Å². The Kier molecular flexibility index (Phi) is 2.14. The molecule has 13 heavy (non-hydrogen) atoms. The van der Waals surface area contributed by atoms with Crippen molar-refractivity contribution in [1.82, 2.24) is 10.2 Å². The Morgan fingerprint density at radius 1 is 1.46 bits per heavy atom. The van der Waals surface area contributed by atoms with Crippen LogP contribution < -0.4 is 4.74 Å². The third-order valence-electron chi connectivity index (χ3n) is 1.77. The fourth-order valence-electron chi connectivity index (χ4n) is 1.17. The first-order valence-corrected chi connectivity index (χ1v) is 4.07. The van der Waals surface area contributed by atoms with Crippen molar-refractivity contribution in [2.24, 2.45) is 0 Å². The first kappa shape index (κ1) is 8.07. The largest absolute Gasteiger partial charge is 0.491 e. The highest BCUT2D eigenvalue weighted by Gasteiger charge is 1.97. The summed E-state index contributed by atoms with van der Waals surface area (Å²) in [4.78, 5) is 0. The van der Waals surface area contributed by atoms with Crippen LogP contribution in [0.4, 0.5) is 0 Å². The SMILES string of the molecule is OCCOc1ccc2[nH]ncc2c1. The molecule has 0 spiro atoms. The number of nitrogens with zero attached hydrogens (tertiary/aromatic N) is 1. The van der Waals surface area contributed by atoms with Gasteiger partial charge in [-0.3, -0.25) is 5.10 Å². The molecule has 0 atom stereocenters. The van der Waals surface area contributed by atoms with Crippen LogP contribution in [-0.2, 0) is 0 Å². The number of ether oxygens (including phenoxy) is 1. The van der Waals surface area contributed by atoms with Gasteiger partial charge >= 0.3 is 0 Å². The van der Waals surface area contributed by atoms with Crippen molar-refractivity contribution in [2.75, 3.05) is 13.2 Å². The summed E-state index contributed by atoms with van der Waals surface area (Å²) in [5.74, 6) is 0.753. The second kappa shape index (κ2) is 3.45. The fraction of sp³-hybridized carbons (Fsp3) is 0.222. The maximum Gasteiger partial charge on any atom is 0.120 e. The normalized spacial score (nSPS) is 10.5. The minimum atomic E-state index is 0.0312. The highest BCUT2D eigenvalue weighted by atomic mass is 16.5. The van der Waals surface area contributed by atoms with Gasteiger partial charge in [0.15, 0.2) is 0 Å². The Hall–Kier alpha value is -1.55. The van der Waals surface area contributed by atoms with Crippen LogP contribution in [0.3, 0.4) is 0 Å². The summed E-state index contributed by atoms with van der Waals surface area (Å²) in [7, 11) is 0. The lowest BCUT2D eigenvalue weighted by Gasteiger charge is -2.02. The van der Waals surface area contributed by atoms with Gasteiger partial charge in [0, 0.05) is 5.39 Å². The lowest BCUT2D eigenvalue weighted by atomic mass is 10.2. The summed E-state index contributed by atoms with van der Waals surface area (Å²) < 4.78 is 5.24. The summed E-state index contributed by atoms with van der Waals surface area (Å²) in [6.45, 7) is 0.354. The van der Waals surface area contributed by atoms with Gasteiger partial charge in [-0.25, -0.2) is 0 Å². The van der Waals surface area contributed by atoms with E-state index >= 15 is 0 Å². The van der Waals surface area contributed by atoms with Gasteiger partial charge in [0.2, 0.25) is 0 Å².